The molecule has 3 rings (SSSR count). The van der Waals surface area contributed by atoms with Crippen molar-refractivity contribution in [2.75, 3.05) is 31.6 Å². The van der Waals surface area contributed by atoms with Crippen LogP contribution in [0.15, 0.2) is 16.6 Å². The number of nitrogens with one attached hydrogen (secondary N) is 2. The quantitative estimate of drug-likeness (QED) is 0.508. The summed E-state index contributed by atoms with van der Waals surface area (Å²) in [5.74, 6) is -4.53. The Morgan fingerprint density at radius 3 is 2.54 bits per heavy atom. The first-order valence-corrected chi connectivity index (χ1v) is 9.12. The number of anilines is 1. The second-order valence-electron chi connectivity index (χ2n) is 6.99. The predicted octanol–water partition coefficient (Wildman–Crippen LogP) is 1.53. The number of nitrogens with zero attached hydrogens (tertiary/aromatic N) is 1. The Hall–Kier alpha value is -1.72. The van der Waals surface area contributed by atoms with E-state index in [2.05, 4.69) is 26.6 Å². The number of hydrogen-bond acceptors (Lipinski definition) is 4. The van der Waals surface area contributed by atoms with Gasteiger partial charge in [-0.2, -0.15) is 13.5 Å². The van der Waals surface area contributed by atoms with E-state index in [0.717, 1.165) is 6.07 Å². The zero-order chi connectivity index (χ0) is 19.8. The lowest BCUT2D eigenvalue weighted by molar-refractivity contribution is -0.150. The second kappa shape index (κ2) is 8.75. The summed E-state index contributed by atoms with van der Waals surface area (Å²) in [4.78, 5) is 38.0. The van der Waals surface area contributed by atoms with E-state index in [1.165, 1.54) is 11.0 Å². The lowest BCUT2D eigenvalue weighted by Gasteiger charge is -2.38. The number of carbonyl (C=O) groups is 3. The smallest absolute Gasteiger partial charge is 0.311 e. The fourth-order valence-electron chi connectivity index (χ4n) is 2.98. The standard InChI is InChI=1S/C17H18BrF2N3O4.H2S/c1-17(7-27-8-17)22-15(25)16(26)23-3-2-9(6-23)14(24)21-10-4-11(18)13(20)12(19)5-10;/h4-5,9H,2-3,6-8H2,1H3,(H,21,24)(H,22,25);1H2/t9-;/m0./s1. The molecule has 0 bridgehead atoms. The number of carbonyl (C=O) groups excluding carboxylic acids is 3. The Morgan fingerprint density at radius 2 is 1.96 bits per heavy atom. The highest BCUT2D eigenvalue weighted by Gasteiger charge is 2.39. The van der Waals surface area contributed by atoms with Gasteiger partial charge < -0.3 is 20.3 Å². The minimum atomic E-state index is -1.09. The van der Waals surface area contributed by atoms with Crippen molar-refractivity contribution in [1.82, 2.24) is 10.2 Å². The van der Waals surface area contributed by atoms with Gasteiger partial charge in [0, 0.05) is 24.8 Å². The molecule has 1 aromatic rings. The molecule has 0 aliphatic carbocycles. The summed E-state index contributed by atoms with van der Waals surface area (Å²) >= 11 is 2.88. The van der Waals surface area contributed by atoms with Gasteiger partial charge in [0.15, 0.2) is 11.6 Å². The van der Waals surface area contributed by atoms with Gasteiger partial charge in [0.25, 0.3) is 0 Å². The van der Waals surface area contributed by atoms with Crippen LogP contribution >= 0.6 is 29.4 Å². The van der Waals surface area contributed by atoms with Crippen LogP contribution < -0.4 is 10.6 Å². The molecule has 28 heavy (non-hydrogen) atoms. The molecule has 1 aromatic carbocycles. The minimum Gasteiger partial charge on any atom is -0.376 e. The van der Waals surface area contributed by atoms with Crippen LogP contribution in [0.3, 0.4) is 0 Å². The fraction of sp³-hybridized carbons (Fsp3) is 0.471. The van der Waals surface area contributed by atoms with E-state index in [4.69, 9.17) is 4.74 Å². The van der Waals surface area contributed by atoms with Crippen LogP contribution in [0.2, 0.25) is 0 Å². The molecule has 1 atom stereocenters. The summed E-state index contributed by atoms with van der Waals surface area (Å²) in [6.45, 7) is 2.82. The molecule has 0 radical (unpaired) electrons. The van der Waals surface area contributed by atoms with Crippen LogP contribution in [-0.2, 0) is 19.1 Å². The molecule has 2 saturated heterocycles. The Labute approximate surface area is 175 Å². The van der Waals surface area contributed by atoms with Crippen molar-refractivity contribution >= 4 is 52.8 Å². The predicted molar refractivity (Wildman–Crippen MR) is 105 cm³/mol. The van der Waals surface area contributed by atoms with E-state index in [9.17, 15) is 23.2 Å². The van der Waals surface area contributed by atoms with Gasteiger partial charge in [0.1, 0.15) is 0 Å². The van der Waals surface area contributed by atoms with Crippen molar-refractivity contribution in [3.05, 3.63) is 28.2 Å². The van der Waals surface area contributed by atoms with Crippen LogP contribution in [0.25, 0.3) is 0 Å². The summed E-state index contributed by atoms with van der Waals surface area (Å²) in [6.07, 6.45) is 0.371. The lowest BCUT2D eigenvalue weighted by Crippen LogP contribution is -2.62. The van der Waals surface area contributed by atoms with Gasteiger partial charge in [0.2, 0.25) is 5.91 Å². The summed E-state index contributed by atoms with van der Waals surface area (Å²) in [5.41, 5.74) is -0.435. The highest BCUT2D eigenvalue weighted by molar-refractivity contribution is 9.10. The van der Waals surface area contributed by atoms with Crippen molar-refractivity contribution in [2.24, 2.45) is 5.92 Å². The first kappa shape index (κ1) is 22.6. The van der Waals surface area contributed by atoms with Crippen molar-refractivity contribution in [1.29, 1.82) is 0 Å². The molecule has 0 spiro atoms. The number of hydrogen-bond donors (Lipinski definition) is 2. The molecular weight excluding hydrogens is 460 g/mol. The highest BCUT2D eigenvalue weighted by atomic mass is 79.9. The molecule has 3 amide bonds. The average Bonchev–Trinajstić information content (AvgIpc) is 3.07. The van der Waals surface area contributed by atoms with Gasteiger partial charge in [-0.15, -0.1) is 0 Å². The molecule has 2 fully saturated rings. The van der Waals surface area contributed by atoms with Gasteiger partial charge in [-0.25, -0.2) is 8.78 Å². The maximum atomic E-state index is 13.4. The van der Waals surface area contributed by atoms with Crippen LogP contribution in [-0.4, -0.2) is 54.5 Å². The molecule has 0 saturated carbocycles. The third-order valence-electron chi connectivity index (χ3n) is 4.55. The maximum Gasteiger partial charge on any atom is 0.311 e. The SMILES string of the molecule is CC1(NC(=O)C(=O)N2CC[C@H](C(=O)Nc3cc(F)c(F)c(Br)c3)C2)COC1.S. The maximum absolute atomic E-state index is 13.4. The van der Waals surface area contributed by atoms with Gasteiger partial charge in [-0.1, -0.05) is 0 Å². The fourth-order valence-corrected chi connectivity index (χ4v) is 3.42. The minimum absolute atomic E-state index is 0. The lowest BCUT2D eigenvalue weighted by atomic mass is 10.0. The molecule has 2 aliphatic rings. The third kappa shape index (κ3) is 4.81. The summed E-state index contributed by atoms with van der Waals surface area (Å²) < 4.78 is 31.6. The Balaban J connectivity index is 0.00000280. The molecule has 0 aromatic heterocycles. The molecule has 7 nitrogen and oxygen atoms in total. The number of ether oxygens (including phenoxy) is 1. The number of rotatable bonds is 3. The van der Waals surface area contributed by atoms with Gasteiger partial charge in [-0.3, -0.25) is 14.4 Å². The van der Waals surface area contributed by atoms with Crippen molar-refractivity contribution in [2.45, 2.75) is 18.9 Å². The number of halogens is 3. The Kier molecular flexibility index (Phi) is 7.05. The zero-order valence-electron chi connectivity index (χ0n) is 15.0. The average molecular weight is 480 g/mol. The van der Waals surface area contributed by atoms with Crippen molar-refractivity contribution in [3.8, 4) is 0 Å². The van der Waals surface area contributed by atoms with Crippen LogP contribution in [0, 0.1) is 17.6 Å². The highest BCUT2D eigenvalue weighted by Crippen LogP contribution is 2.25. The normalized spacial score (nSPS) is 20.0. The van der Waals surface area contributed by atoms with E-state index in [1.807, 2.05) is 0 Å². The Bertz CT molecular complexity index is 784. The van der Waals surface area contributed by atoms with Gasteiger partial charge >= 0.3 is 11.8 Å². The second-order valence-corrected chi connectivity index (χ2v) is 7.84. The number of benzene rings is 1. The molecule has 11 heteroatoms. The summed E-state index contributed by atoms with van der Waals surface area (Å²) in [5, 5.41) is 5.14. The van der Waals surface area contributed by atoms with E-state index >= 15 is 0 Å². The molecule has 0 unspecified atom stereocenters. The molecule has 2 N–H and O–H groups in total. The van der Waals surface area contributed by atoms with Crippen LogP contribution in [0.4, 0.5) is 14.5 Å². The van der Waals surface area contributed by atoms with Gasteiger partial charge in [-0.05, 0) is 35.3 Å². The van der Waals surface area contributed by atoms with E-state index in [-0.39, 0.29) is 36.7 Å². The summed E-state index contributed by atoms with van der Waals surface area (Å²) in [6, 6.07) is 2.13. The number of likely N-dealkylation sites (tertiary alicyclic amines) is 1. The Morgan fingerprint density at radius 1 is 1.29 bits per heavy atom. The summed E-state index contributed by atoms with van der Waals surface area (Å²) in [7, 11) is 0. The zero-order valence-corrected chi connectivity index (χ0v) is 17.6. The number of amides is 3. The first-order chi connectivity index (χ1) is 12.7. The van der Waals surface area contributed by atoms with E-state index in [1.54, 1.807) is 6.92 Å². The molecular formula is C17H20BrF2N3O4S. The van der Waals surface area contributed by atoms with Crippen molar-refractivity contribution in [3.63, 3.8) is 0 Å². The monoisotopic (exact) mass is 479 g/mol. The first-order valence-electron chi connectivity index (χ1n) is 8.33. The van der Waals surface area contributed by atoms with E-state index < -0.39 is 40.8 Å². The van der Waals surface area contributed by atoms with E-state index in [0.29, 0.717) is 19.6 Å². The molecule has 2 aliphatic heterocycles. The van der Waals surface area contributed by atoms with Crippen LogP contribution in [0.5, 0.6) is 0 Å². The topological polar surface area (TPSA) is 87.7 Å². The van der Waals surface area contributed by atoms with Crippen molar-refractivity contribution < 1.29 is 27.9 Å². The van der Waals surface area contributed by atoms with Gasteiger partial charge in [0.05, 0.1) is 29.1 Å². The molecule has 154 valence electrons. The largest absolute Gasteiger partial charge is 0.376 e. The molecule has 2 heterocycles. The third-order valence-corrected chi connectivity index (χ3v) is 5.13. The van der Waals surface area contributed by atoms with Crippen LogP contribution in [0.1, 0.15) is 13.3 Å².